The standard InChI is InChI=1S/C14H10N4O2/c19-18(20)14-12-8-4-5-9-13(12)17(16-14)15-10-11-6-2-1-3-7-11/h1-10H/b15-10+. The Hall–Kier alpha value is -3.02. The fourth-order valence-corrected chi connectivity index (χ4v) is 1.92. The van der Waals surface area contributed by atoms with E-state index in [-0.39, 0.29) is 5.82 Å². The van der Waals surface area contributed by atoms with Crippen LogP contribution < -0.4 is 0 Å². The first-order valence-electron chi connectivity index (χ1n) is 5.97. The van der Waals surface area contributed by atoms with Crippen molar-refractivity contribution < 1.29 is 4.92 Å². The molecule has 0 aliphatic rings. The summed E-state index contributed by atoms with van der Waals surface area (Å²) in [6.07, 6.45) is 1.61. The molecule has 6 heteroatoms. The van der Waals surface area contributed by atoms with E-state index in [4.69, 9.17) is 0 Å². The molecule has 1 heterocycles. The Morgan fingerprint density at radius 1 is 1.10 bits per heavy atom. The molecule has 0 saturated carbocycles. The molecule has 0 fully saturated rings. The molecule has 0 atom stereocenters. The minimum atomic E-state index is -0.503. The van der Waals surface area contributed by atoms with Gasteiger partial charge < -0.3 is 10.1 Å². The number of fused-ring (bicyclic) bond motifs is 1. The van der Waals surface area contributed by atoms with E-state index in [1.54, 1.807) is 30.5 Å². The Morgan fingerprint density at radius 3 is 2.55 bits per heavy atom. The van der Waals surface area contributed by atoms with Crippen molar-refractivity contribution in [1.82, 2.24) is 9.89 Å². The van der Waals surface area contributed by atoms with Crippen molar-refractivity contribution in [3.8, 4) is 0 Å². The van der Waals surface area contributed by atoms with Crippen molar-refractivity contribution in [2.24, 2.45) is 5.10 Å². The summed E-state index contributed by atoms with van der Waals surface area (Å²) in [5, 5.41) is 19.6. The lowest BCUT2D eigenvalue weighted by Crippen LogP contribution is -1.94. The molecule has 0 saturated heterocycles. The Labute approximate surface area is 114 Å². The molecule has 20 heavy (non-hydrogen) atoms. The van der Waals surface area contributed by atoms with Gasteiger partial charge in [-0.3, -0.25) is 0 Å². The van der Waals surface area contributed by atoms with E-state index in [9.17, 15) is 10.1 Å². The first kappa shape index (κ1) is 12.0. The lowest BCUT2D eigenvalue weighted by molar-refractivity contribution is -0.388. The van der Waals surface area contributed by atoms with Gasteiger partial charge in [0, 0.05) is 0 Å². The van der Waals surface area contributed by atoms with Gasteiger partial charge in [-0.05, 0) is 22.6 Å². The molecule has 0 spiro atoms. The van der Waals surface area contributed by atoms with Crippen LogP contribution >= 0.6 is 0 Å². The monoisotopic (exact) mass is 266 g/mol. The number of nitro groups is 1. The lowest BCUT2D eigenvalue weighted by atomic mass is 10.2. The fraction of sp³-hybridized carbons (Fsp3) is 0. The van der Waals surface area contributed by atoms with E-state index in [1.807, 2.05) is 30.3 Å². The van der Waals surface area contributed by atoms with Crippen LogP contribution in [0.2, 0.25) is 0 Å². The number of rotatable bonds is 3. The Balaban J connectivity index is 2.08. The number of aromatic nitrogens is 2. The van der Waals surface area contributed by atoms with Gasteiger partial charge in [0.2, 0.25) is 0 Å². The van der Waals surface area contributed by atoms with Crippen LogP contribution in [0, 0.1) is 10.1 Å². The molecule has 0 radical (unpaired) electrons. The van der Waals surface area contributed by atoms with Crippen LogP contribution in [0.15, 0.2) is 59.7 Å². The smallest absolute Gasteiger partial charge is 0.358 e. The summed E-state index contributed by atoms with van der Waals surface area (Å²) in [5.41, 5.74) is 1.50. The molecular weight excluding hydrogens is 256 g/mol. The van der Waals surface area contributed by atoms with Gasteiger partial charge in [0.05, 0.1) is 11.3 Å². The lowest BCUT2D eigenvalue weighted by Gasteiger charge is -1.91. The summed E-state index contributed by atoms with van der Waals surface area (Å²) in [6, 6.07) is 16.4. The maximum Gasteiger partial charge on any atom is 0.400 e. The highest BCUT2D eigenvalue weighted by molar-refractivity contribution is 5.87. The summed E-state index contributed by atoms with van der Waals surface area (Å²) in [7, 11) is 0. The predicted octanol–water partition coefficient (Wildman–Crippen LogP) is 2.83. The number of benzene rings is 2. The van der Waals surface area contributed by atoms with Crippen LogP contribution in [0.1, 0.15) is 5.56 Å². The topological polar surface area (TPSA) is 73.3 Å². The highest BCUT2D eigenvalue weighted by Gasteiger charge is 2.20. The van der Waals surface area contributed by atoms with Crippen LogP contribution in [0.25, 0.3) is 10.9 Å². The molecule has 6 nitrogen and oxygen atoms in total. The summed E-state index contributed by atoms with van der Waals surface area (Å²) in [5.74, 6) is -0.189. The minimum Gasteiger partial charge on any atom is -0.358 e. The molecule has 1 aromatic heterocycles. The van der Waals surface area contributed by atoms with Crippen molar-refractivity contribution in [3.05, 3.63) is 70.3 Å². The second kappa shape index (κ2) is 4.93. The highest BCUT2D eigenvalue weighted by Crippen LogP contribution is 2.24. The molecule has 0 unspecified atom stereocenters. The van der Waals surface area contributed by atoms with Crippen LogP contribution in [0.4, 0.5) is 5.82 Å². The Bertz CT molecular complexity index is 793. The van der Waals surface area contributed by atoms with Crippen molar-refractivity contribution in [1.29, 1.82) is 0 Å². The Morgan fingerprint density at radius 2 is 1.80 bits per heavy atom. The minimum absolute atomic E-state index is 0.189. The van der Waals surface area contributed by atoms with Gasteiger partial charge in [0.25, 0.3) is 0 Å². The van der Waals surface area contributed by atoms with E-state index in [1.165, 1.54) is 4.79 Å². The van der Waals surface area contributed by atoms with Gasteiger partial charge in [-0.25, -0.2) is 0 Å². The van der Waals surface area contributed by atoms with Crippen molar-refractivity contribution in [3.63, 3.8) is 0 Å². The maximum absolute atomic E-state index is 11.0. The van der Waals surface area contributed by atoms with Gasteiger partial charge in [-0.15, -0.1) is 5.10 Å². The quantitative estimate of drug-likeness (QED) is 0.415. The van der Waals surface area contributed by atoms with E-state index in [2.05, 4.69) is 10.2 Å². The zero-order valence-electron chi connectivity index (χ0n) is 10.4. The van der Waals surface area contributed by atoms with E-state index >= 15 is 0 Å². The second-order valence-corrected chi connectivity index (χ2v) is 4.14. The van der Waals surface area contributed by atoms with Crippen LogP contribution in [0.5, 0.6) is 0 Å². The molecule has 3 rings (SSSR count). The Kier molecular flexibility index (Phi) is 2.96. The van der Waals surface area contributed by atoms with Crippen LogP contribution in [0.3, 0.4) is 0 Å². The maximum atomic E-state index is 11.0. The van der Waals surface area contributed by atoms with Gasteiger partial charge >= 0.3 is 5.82 Å². The summed E-state index contributed by atoms with van der Waals surface area (Å²) < 4.78 is 0. The SMILES string of the molecule is O=[N+]([O-])c1nn(/N=C/c2ccccc2)c2ccccc12. The summed E-state index contributed by atoms with van der Waals surface area (Å²) in [6.45, 7) is 0. The summed E-state index contributed by atoms with van der Waals surface area (Å²) >= 11 is 0. The molecule has 0 aliphatic carbocycles. The van der Waals surface area contributed by atoms with E-state index in [0.717, 1.165) is 5.56 Å². The molecule has 98 valence electrons. The molecule has 2 aromatic carbocycles. The zero-order valence-corrected chi connectivity index (χ0v) is 10.4. The van der Waals surface area contributed by atoms with Gasteiger partial charge in [-0.1, -0.05) is 47.3 Å². The molecular formula is C14H10N4O2. The number of nitrogens with zero attached hydrogens (tertiary/aromatic N) is 4. The number of hydrogen-bond acceptors (Lipinski definition) is 4. The second-order valence-electron chi connectivity index (χ2n) is 4.14. The van der Waals surface area contributed by atoms with Crippen molar-refractivity contribution in [2.45, 2.75) is 0 Å². The fourth-order valence-electron chi connectivity index (χ4n) is 1.92. The van der Waals surface area contributed by atoms with Crippen molar-refractivity contribution in [2.75, 3.05) is 0 Å². The molecule has 0 bridgehead atoms. The molecule has 0 N–H and O–H groups in total. The van der Waals surface area contributed by atoms with Gasteiger partial charge in [-0.2, -0.15) is 0 Å². The van der Waals surface area contributed by atoms with Crippen LogP contribution in [-0.2, 0) is 0 Å². The largest absolute Gasteiger partial charge is 0.400 e. The van der Waals surface area contributed by atoms with Gasteiger partial charge in [0.15, 0.2) is 0 Å². The zero-order chi connectivity index (χ0) is 13.9. The molecule has 3 aromatic rings. The highest BCUT2D eigenvalue weighted by atomic mass is 16.6. The van der Waals surface area contributed by atoms with E-state index < -0.39 is 4.92 Å². The normalized spacial score (nSPS) is 11.2. The molecule has 0 amide bonds. The summed E-state index contributed by atoms with van der Waals surface area (Å²) in [4.78, 5) is 11.8. The first-order valence-corrected chi connectivity index (χ1v) is 5.97. The third kappa shape index (κ3) is 2.14. The third-order valence-corrected chi connectivity index (χ3v) is 2.84. The van der Waals surface area contributed by atoms with Crippen LogP contribution in [-0.4, -0.2) is 21.0 Å². The number of hydrogen-bond donors (Lipinski definition) is 0. The average Bonchev–Trinajstić information content (AvgIpc) is 2.85. The number of para-hydroxylation sites is 1. The first-order chi connectivity index (χ1) is 9.75. The predicted molar refractivity (Wildman–Crippen MR) is 75.8 cm³/mol. The third-order valence-electron chi connectivity index (χ3n) is 2.84. The van der Waals surface area contributed by atoms with E-state index in [0.29, 0.717) is 10.9 Å². The molecule has 0 aliphatic heterocycles. The average molecular weight is 266 g/mol. The van der Waals surface area contributed by atoms with Gasteiger partial charge in [0.1, 0.15) is 10.9 Å². The van der Waals surface area contributed by atoms with Crippen molar-refractivity contribution >= 4 is 22.9 Å².